The summed E-state index contributed by atoms with van der Waals surface area (Å²) in [7, 11) is 0. The highest BCUT2D eigenvalue weighted by Gasteiger charge is 2.09. The van der Waals surface area contributed by atoms with E-state index < -0.39 is 0 Å². The van der Waals surface area contributed by atoms with Crippen LogP contribution in [0.5, 0.6) is 5.75 Å². The lowest BCUT2D eigenvalue weighted by Gasteiger charge is -2.14. The molecule has 5 heteroatoms. The van der Waals surface area contributed by atoms with Gasteiger partial charge < -0.3 is 15.4 Å². The number of amides is 1. The Hall–Kier alpha value is -2.98. The van der Waals surface area contributed by atoms with Gasteiger partial charge in [0.2, 0.25) is 5.91 Å². The maximum Gasteiger partial charge on any atom is 0.243 e. The molecule has 0 atom stereocenters. The zero-order chi connectivity index (χ0) is 20.5. The van der Waals surface area contributed by atoms with Gasteiger partial charge in [0.1, 0.15) is 5.75 Å². The minimum atomic E-state index is -0.148. The van der Waals surface area contributed by atoms with Gasteiger partial charge in [-0.25, -0.2) is 0 Å². The molecule has 2 N–H and O–H groups in total. The fourth-order valence-corrected chi connectivity index (χ4v) is 3.14. The standard InChI is InChI=1S/C24H25ClN2O2/c1-18-20(25)12-7-14-21(18)26-17-24(28)27-22-13-5-6-15-23(22)29-16-8-11-19-9-3-2-4-10-19/h2-7,9-10,12-15,26H,8,11,16-17H2,1H3,(H,27,28). The van der Waals surface area contributed by atoms with E-state index >= 15 is 0 Å². The highest BCUT2D eigenvalue weighted by molar-refractivity contribution is 6.31. The topological polar surface area (TPSA) is 50.4 Å². The van der Waals surface area contributed by atoms with Crippen LogP contribution in [0.3, 0.4) is 0 Å². The maximum atomic E-state index is 12.4. The van der Waals surface area contributed by atoms with Gasteiger partial charge in [-0.15, -0.1) is 0 Å². The van der Waals surface area contributed by atoms with E-state index in [1.54, 1.807) is 0 Å². The fraction of sp³-hybridized carbons (Fsp3) is 0.208. The van der Waals surface area contributed by atoms with Crippen molar-refractivity contribution < 1.29 is 9.53 Å². The second-order valence-electron chi connectivity index (χ2n) is 6.75. The number of hydrogen-bond donors (Lipinski definition) is 2. The summed E-state index contributed by atoms with van der Waals surface area (Å²) in [4.78, 5) is 12.4. The summed E-state index contributed by atoms with van der Waals surface area (Å²) in [5.41, 5.74) is 3.73. The number of benzene rings is 3. The number of para-hydroxylation sites is 2. The summed E-state index contributed by atoms with van der Waals surface area (Å²) >= 11 is 6.12. The molecule has 3 aromatic rings. The first-order valence-electron chi connectivity index (χ1n) is 9.68. The van der Waals surface area contributed by atoms with Crippen LogP contribution in [0.25, 0.3) is 0 Å². The summed E-state index contributed by atoms with van der Waals surface area (Å²) in [6.45, 7) is 2.65. The van der Waals surface area contributed by atoms with Crippen molar-refractivity contribution in [1.29, 1.82) is 0 Å². The van der Waals surface area contributed by atoms with Crippen LogP contribution in [0.1, 0.15) is 17.5 Å². The Labute approximate surface area is 176 Å². The SMILES string of the molecule is Cc1c(Cl)cccc1NCC(=O)Nc1ccccc1OCCCc1ccccc1. The summed E-state index contributed by atoms with van der Waals surface area (Å²) in [5, 5.41) is 6.71. The normalized spacial score (nSPS) is 10.4. The van der Waals surface area contributed by atoms with Gasteiger partial charge in [0.15, 0.2) is 0 Å². The molecule has 0 heterocycles. The Morgan fingerprint density at radius 3 is 2.48 bits per heavy atom. The van der Waals surface area contributed by atoms with E-state index in [-0.39, 0.29) is 12.5 Å². The fourth-order valence-electron chi connectivity index (χ4n) is 2.97. The Bertz CT molecular complexity index is 945. The lowest BCUT2D eigenvalue weighted by molar-refractivity contribution is -0.114. The third-order valence-electron chi connectivity index (χ3n) is 4.58. The number of carbonyl (C=O) groups is 1. The molecule has 150 valence electrons. The Morgan fingerprint density at radius 2 is 1.66 bits per heavy atom. The molecule has 0 fully saturated rings. The van der Waals surface area contributed by atoms with Crippen molar-refractivity contribution in [3.8, 4) is 5.75 Å². The average molecular weight is 409 g/mol. The van der Waals surface area contributed by atoms with Crippen LogP contribution in [0.15, 0.2) is 72.8 Å². The monoisotopic (exact) mass is 408 g/mol. The minimum Gasteiger partial charge on any atom is -0.491 e. The van der Waals surface area contributed by atoms with E-state index in [9.17, 15) is 4.79 Å². The molecule has 0 aliphatic rings. The summed E-state index contributed by atoms with van der Waals surface area (Å²) in [6, 6.07) is 23.4. The summed E-state index contributed by atoms with van der Waals surface area (Å²) in [5.74, 6) is 0.526. The molecule has 0 saturated heterocycles. The molecule has 0 bridgehead atoms. The molecule has 0 saturated carbocycles. The highest BCUT2D eigenvalue weighted by atomic mass is 35.5. The molecular formula is C24H25ClN2O2. The van der Waals surface area contributed by atoms with Gasteiger partial charge in [0, 0.05) is 10.7 Å². The molecule has 0 aromatic heterocycles. The molecule has 0 unspecified atom stereocenters. The zero-order valence-corrected chi connectivity index (χ0v) is 17.2. The second kappa shape index (κ2) is 10.5. The number of anilines is 2. The van der Waals surface area contributed by atoms with Gasteiger partial charge in [-0.05, 0) is 55.2 Å². The third-order valence-corrected chi connectivity index (χ3v) is 4.99. The number of aryl methyl sites for hydroxylation is 1. The lowest BCUT2D eigenvalue weighted by atomic mass is 10.1. The van der Waals surface area contributed by atoms with Gasteiger partial charge in [-0.1, -0.05) is 60.1 Å². The number of rotatable bonds is 9. The van der Waals surface area contributed by atoms with Crippen molar-refractivity contribution in [2.75, 3.05) is 23.8 Å². The molecule has 0 spiro atoms. The van der Waals surface area contributed by atoms with Crippen molar-refractivity contribution in [3.05, 3.63) is 88.9 Å². The minimum absolute atomic E-state index is 0.142. The quantitative estimate of drug-likeness (QED) is 0.446. The van der Waals surface area contributed by atoms with E-state index in [0.29, 0.717) is 23.1 Å². The molecule has 29 heavy (non-hydrogen) atoms. The van der Waals surface area contributed by atoms with Crippen molar-refractivity contribution in [1.82, 2.24) is 0 Å². The first kappa shape index (κ1) is 20.7. The van der Waals surface area contributed by atoms with Crippen LogP contribution in [-0.2, 0) is 11.2 Å². The van der Waals surface area contributed by atoms with Crippen LogP contribution in [0, 0.1) is 6.92 Å². The van der Waals surface area contributed by atoms with Crippen LogP contribution < -0.4 is 15.4 Å². The Morgan fingerprint density at radius 1 is 0.931 bits per heavy atom. The van der Waals surface area contributed by atoms with Crippen LogP contribution >= 0.6 is 11.6 Å². The van der Waals surface area contributed by atoms with Gasteiger partial charge >= 0.3 is 0 Å². The summed E-state index contributed by atoms with van der Waals surface area (Å²) in [6.07, 6.45) is 1.86. The number of hydrogen-bond acceptors (Lipinski definition) is 3. The Kier molecular flexibility index (Phi) is 7.54. The first-order chi connectivity index (χ1) is 14.1. The molecule has 0 aliphatic carbocycles. The van der Waals surface area contributed by atoms with Gasteiger partial charge in [0.25, 0.3) is 0 Å². The van der Waals surface area contributed by atoms with E-state index in [2.05, 4.69) is 22.8 Å². The van der Waals surface area contributed by atoms with E-state index in [1.165, 1.54) is 5.56 Å². The lowest BCUT2D eigenvalue weighted by Crippen LogP contribution is -2.22. The molecule has 3 aromatic carbocycles. The average Bonchev–Trinajstić information content (AvgIpc) is 2.74. The van der Waals surface area contributed by atoms with Crippen LogP contribution in [0.4, 0.5) is 11.4 Å². The van der Waals surface area contributed by atoms with Crippen LogP contribution in [-0.4, -0.2) is 19.1 Å². The zero-order valence-electron chi connectivity index (χ0n) is 16.5. The van der Waals surface area contributed by atoms with Crippen molar-refractivity contribution in [2.24, 2.45) is 0 Å². The van der Waals surface area contributed by atoms with Gasteiger partial charge in [-0.3, -0.25) is 4.79 Å². The third kappa shape index (κ3) is 6.26. The smallest absolute Gasteiger partial charge is 0.243 e. The van der Waals surface area contributed by atoms with Gasteiger partial charge in [-0.2, -0.15) is 0 Å². The van der Waals surface area contributed by atoms with E-state index in [0.717, 1.165) is 24.1 Å². The van der Waals surface area contributed by atoms with Crippen LogP contribution in [0.2, 0.25) is 5.02 Å². The number of halogens is 1. The van der Waals surface area contributed by atoms with Crippen molar-refractivity contribution in [2.45, 2.75) is 19.8 Å². The maximum absolute atomic E-state index is 12.4. The number of nitrogens with one attached hydrogen (secondary N) is 2. The largest absolute Gasteiger partial charge is 0.491 e. The van der Waals surface area contributed by atoms with Gasteiger partial charge in [0.05, 0.1) is 18.8 Å². The Balaban J connectivity index is 1.50. The molecule has 0 aliphatic heterocycles. The molecule has 1 amide bonds. The van der Waals surface area contributed by atoms with E-state index in [4.69, 9.17) is 16.3 Å². The highest BCUT2D eigenvalue weighted by Crippen LogP contribution is 2.25. The molecular weight excluding hydrogens is 384 g/mol. The van der Waals surface area contributed by atoms with E-state index in [1.807, 2.05) is 67.6 Å². The predicted molar refractivity (Wildman–Crippen MR) is 120 cm³/mol. The number of carbonyl (C=O) groups excluding carboxylic acids is 1. The molecule has 4 nitrogen and oxygen atoms in total. The number of ether oxygens (including phenoxy) is 1. The predicted octanol–water partition coefficient (Wildman–Crippen LogP) is 5.71. The molecule has 3 rings (SSSR count). The second-order valence-corrected chi connectivity index (χ2v) is 7.16. The van der Waals surface area contributed by atoms with Crippen molar-refractivity contribution in [3.63, 3.8) is 0 Å². The summed E-state index contributed by atoms with van der Waals surface area (Å²) < 4.78 is 5.90. The van der Waals surface area contributed by atoms with Crippen molar-refractivity contribution >= 4 is 28.9 Å². The molecule has 0 radical (unpaired) electrons. The first-order valence-corrected chi connectivity index (χ1v) is 10.1.